The molecule has 5 heteroatoms. The molecule has 0 aromatic rings. The molecule has 0 N–H and O–H groups in total. The maximum absolute atomic E-state index is 6.07. The van der Waals surface area contributed by atoms with Gasteiger partial charge in [-0.1, -0.05) is 68.7 Å². The zero-order chi connectivity index (χ0) is 15.1. The molecule has 0 saturated heterocycles. The summed E-state index contributed by atoms with van der Waals surface area (Å²) in [6.07, 6.45) is 8.67. The molecule has 0 radical (unpaired) electrons. The van der Waals surface area contributed by atoms with E-state index in [1.54, 1.807) is 0 Å². The van der Waals surface area contributed by atoms with Gasteiger partial charge in [-0.15, -0.1) is 0 Å². The first-order valence-corrected chi connectivity index (χ1v) is 11.2. The number of unbranched alkanes of at least 4 members (excludes halogenated alkanes) is 3. The van der Waals surface area contributed by atoms with Crippen molar-refractivity contribution in [1.82, 2.24) is 0 Å². The summed E-state index contributed by atoms with van der Waals surface area (Å²) in [5.74, 6) is 0. The highest BCUT2D eigenvalue weighted by Crippen LogP contribution is 2.15. The highest BCUT2D eigenvalue weighted by molar-refractivity contribution is 14.1. The third-order valence-electron chi connectivity index (χ3n) is 2.81. The molecule has 120 valence electrons. The maximum Gasteiger partial charge on any atom is 0.529 e. The Morgan fingerprint density at radius 3 is 1.50 bits per heavy atom. The number of alkyl halides is 1. The molecule has 0 rings (SSSR count). The molecule has 0 atom stereocenters. The van der Waals surface area contributed by atoms with Gasteiger partial charge < -0.3 is 13.3 Å². The second-order valence-corrected chi connectivity index (χ2v) is 8.05. The minimum absolute atomic E-state index is 0.729. The summed E-state index contributed by atoms with van der Waals surface area (Å²) in [6.45, 7) is 8.70. The monoisotopic (exact) mass is 414 g/mol. The second kappa shape index (κ2) is 14.5. The molecule has 0 unspecified atom stereocenters. The molecule has 0 amide bonds. The molecule has 0 aromatic carbocycles. The third-order valence-corrected chi connectivity index (χ3v) is 5.79. The number of hydrogen-bond donors (Lipinski definition) is 0. The van der Waals surface area contributed by atoms with Crippen molar-refractivity contribution in [3.05, 3.63) is 11.8 Å². The predicted molar refractivity (Wildman–Crippen MR) is 96.4 cm³/mol. The standard InChI is InChI=1S/C15H31IO3Si/c1-4-7-12-17-20(15-10-11-16,18-13-8-5-2)19-14-9-6-3/h10,15H,4-9,11-14H2,1-3H3/b15-10+. The van der Waals surface area contributed by atoms with Gasteiger partial charge in [0.25, 0.3) is 0 Å². The Bertz CT molecular complexity index is 211. The lowest BCUT2D eigenvalue weighted by molar-refractivity contribution is 0.0684. The molecule has 20 heavy (non-hydrogen) atoms. The van der Waals surface area contributed by atoms with E-state index in [0.29, 0.717) is 0 Å². The summed E-state index contributed by atoms with van der Waals surface area (Å²) in [6, 6.07) is 0. The Balaban J connectivity index is 4.61. The van der Waals surface area contributed by atoms with Crippen LogP contribution < -0.4 is 0 Å². The summed E-state index contributed by atoms with van der Waals surface area (Å²) in [5, 5.41) is 0. The minimum atomic E-state index is -2.61. The lowest BCUT2D eigenvalue weighted by atomic mass is 10.4. The van der Waals surface area contributed by atoms with Crippen LogP contribution in [-0.4, -0.2) is 33.1 Å². The van der Waals surface area contributed by atoms with Crippen molar-refractivity contribution in [1.29, 1.82) is 0 Å². The Morgan fingerprint density at radius 1 is 0.800 bits per heavy atom. The van der Waals surface area contributed by atoms with E-state index in [1.807, 2.05) is 0 Å². The Labute approximate surface area is 140 Å². The van der Waals surface area contributed by atoms with Gasteiger partial charge in [-0.2, -0.15) is 0 Å². The molecule has 0 bridgehead atoms. The highest BCUT2D eigenvalue weighted by Gasteiger charge is 2.38. The van der Waals surface area contributed by atoms with Crippen LogP contribution >= 0.6 is 22.6 Å². The summed E-state index contributed by atoms with van der Waals surface area (Å²) < 4.78 is 19.2. The molecular formula is C15H31IO3Si. The van der Waals surface area contributed by atoms with Crippen LogP contribution in [0.1, 0.15) is 59.3 Å². The van der Waals surface area contributed by atoms with Gasteiger partial charge in [-0.3, -0.25) is 0 Å². The summed E-state index contributed by atoms with van der Waals surface area (Å²) >= 11 is 2.33. The molecule has 0 aliphatic heterocycles. The third kappa shape index (κ3) is 10.3. The number of halogens is 1. The molecule has 0 aliphatic rings. The summed E-state index contributed by atoms with van der Waals surface area (Å²) in [5.41, 5.74) is 2.07. The van der Waals surface area contributed by atoms with E-state index in [-0.39, 0.29) is 0 Å². The molecule has 0 aromatic heterocycles. The van der Waals surface area contributed by atoms with Crippen LogP contribution in [0.2, 0.25) is 0 Å². The van der Waals surface area contributed by atoms with Gasteiger partial charge in [-0.05, 0) is 25.0 Å². The maximum atomic E-state index is 6.07. The predicted octanol–water partition coefficient (Wildman–Crippen LogP) is 4.91. The van der Waals surface area contributed by atoms with Crippen molar-refractivity contribution in [2.75, 3.05) is 24.2 Å². The van der Waals surface area contributed by atoms with Crippen LogP contribution in [-0.2, 0) is 13.3 Å². The van der Waals surface area contributed by atoms with Crippen LogP contribution in [0.4, 0.5) is 0 Å². The fraction of sp³-hybridized carbons (Fsp3) is 0.867. The molecule has 0 saturated carbocycles. The van der Waals surface area contributed by atoms with Gasteiger partial charge >= 0.3 is 8.80 Å². The van der Waals surface area contributed by atoms with E-state index < -0.39 is 8.80 Å². The molecule has 0 spiro atoms. The van der Waals surface area contributed by atoms with Crippen LogP contribution in [0.5, 0.6) is 0 Å². The second-order valence-electron chi connectivity index (χ2n) is 4.77. The zero-order valence-electron chi connectivity index (χ0n) is 13.3. The fourth-order valence-corrected chi connectivity index (χ4v) is 4.50. The lowest BCUT2D eigenvalue weighted by Gasteiger charge is -2.27. The van der Waals surface area contributed by atoms with Crippen molar-refractivity contribution in [3.8, 4) is 0 Å². The van der Waals surface area contributed by atoms with Gasteiger partial charge in [0.05, 0.1) is 0 Å². The van der Waals surface area contributed by atoms with Gasteiger partial charge in [0.15, 0.2) is 0 Å². The first-order chi connectivity index (χ1) is 9.74. The first-order valence-electron chi connectivity index (χ1n) is 7.90. The van der Waals surface area contributed by atoms with E-state index in [4.69, 9.17) is 13.3 Å². The topological polar surface area (TPSA) is 27.7 Å². The lowest BCUT2D eigenvalue weighted by Crippen LogP contribution is -2.45. The van der Waals surface area contributed by atoms with E-state index >= 15 is 0 Å². The van der Waals surface area contributed by atoms with Crippen LogP contribution in [0, 0.1) is 0 Å². The Morgan fingerprint density at radius 2 is 1.20 bits per heavy atom. The van der Waals surface area contributed by atoms with Gasteiger partial charge in [0.2, 0.25) is 0 Å². The fourth-order valence-electron chi connectivity index (χ4n) is 1.53. The first kappa shape index (κ1) is 20.6. The van der Waals surface area contributed by atoms with Crippen molar-refractivity contribution >= 4 is 31.4 Å². The van der Waals surface area contributed by atoms with E-state index in [1.165, 1.54) is 0 Å². The van der Waals surface area contributed by atoms with Crippen LogP contribution in [0.15, 0.2) is 11.8 Å². The average molecular weight is 414 g/mol. The molecule has 0 aliphatic carbocycles. The van der Waals surface area contributed by atoms with Crippen LogP contribution in [0.25, 0.3) is 0 Å². The molecular weight excluding hydrogens is 383 g/mol. The summed E-state index contributed by atoms with van der Waals surface area (Å²) in [4.78, 5) is 0. The smallest absolute Gasteiger partial charge is 0.370 e. The number of rotatable bonds is 14. The van der Waals surface area contributed by atoms with E-state index in [2.05, 4.69) is 55.1 Å². The van der Waals surface area contributed by atoms with Crippen molar-refractivity contribution in [3.63, 3.8) is 0 Å². The number of hydrogen-bond acceptors (Lipinski definition) is 3. The normalized spacial score (nSPS) is 12.4. The van der Waals surface area contributed by atoms with E-state index in [0.717, 1.165) is 62.8 Å². The molecule has 0 fully saturated rings. The highest BCUT2D eigenvalue weighted by atomic mass is 127. The Kier molecular flexibility index (Phi) is 14.9. The van der Waals surface area contributed by atoms with Gasteiger partial charge in [-0.25, -0.2) is 0 Å². The molecule has 0 heterocycles. The van der Waals surface area contributed by atoms with E-state index in [9.17, 15) is 0 Å². The largest absolute Gasteiger partial charge is 0.529 e. The quantitative estimate of drug-likeness (QED) is 0.175. The van der Waals surface area contributed by atoms with Crippen LogP contribution in [0.3, 0.4) is 0 Å². The van der Waals surface area contributed by atoms with Crippen molar-refractivity contribution < 1.29 is 13.3 Å². The van der Waals surface area contributed by atoms with Crippen molar-refractivity contribution in [2.45, 2.75) is 59.3 Å². The number of allylic oxidation sites excluding steroid dienone is 1. The minimum Gasteiger partial charge on any atom is -0.370 e. The summed E-state index contributed by atoms with van der Waals surface area (Å²) in [7, 11) is -2.61. The SMILES string of the molecule is CCCCO[Si](/C=C/CI)(OCCCC)OCCCC. The van der Waals surface area contributed by atoms with Gasteiger partial charge in [0.1, 0.15) is 0 Å². The zero-order valence-corrected chi connectivity index (χ0v) is 16.5. The molecule has 3 nitrogen and oxygen atoms in total. The average Bonchev–Trinajstić information content (AvgIpc) is 2.46. The van der Waals surface area contributed by atoms with Crippen molar-refractivity contribution in [2.24, 2.45) is 0 Å². The van der Waals surface area contributed by atoms with Gasteiger partial charge in [0, 0.05) is 24.2 Å². The Hall–Kier alpha value is 0.567.